The number of rotatable bonds is 8. The molecule has 4 heteroatoms. The first-order valence-corrected chi connectivity index (χ1v) is 10.7. The van der Waals surface area contributed by atoms with Gasteiger partial charge in [0.15, 0.2) is 0 Å². The SMILES string of the molecule is C/C=C/C(=O)O[C@H]1CC[C@H](C(=O)O[C@H]2CC[C@H](CCCCC)CC2)CC1. The van der Waals surface area contributed by atoms with Crippen molar-refractivity contribution in [3.8, 4) is 0 Å². The Hall–Kier alpha value is -1.32. The maximum atomic E-state index is 12.4. The molecule has 0 heterocycles. The molecule has 0 aromatic carbocycles. The molecule has 2 rings (SSSR count). The standard InChI is InChI=1S/C22H36O4/c1-3-5-6-8-17-9-13-20(14-10-17)26-22(24)18-11-15-19(16-12-18)25-21(23)7-4-2/h4,7,17-20H,3,5-6,8-16H2,1-2H3/b7-4+/t17-,18-,19-,20-. The van der Waals surface area contributed by atoms with Crippen LogP contribution in [0, 0.1) is 11.8 Å². The average Bonchev–Trinajstić information content (AvgIpc) is 2.64. The van der Waals surface area contributed by atoms with Crippen molar-refractivity contribution in [2.24, 2.45) is 11.8 Å². The van der Waals surface area contributed by atoms with Crippen LogP contribution in [0.4, 0.5) is 0 Å². The van der Waals surface area contributed by atoms with Gasteiger partial charge < -0.3 is 9.47 Å². The second kappa shape index (κ2) is 11.4. The van der Waals surface area contributed by atoms with Crippen LogP contribution < -0.4 is 0 Å². The summed E-state index contributed by atoms with van der Waals surface area (Å²) in [5.41, 5.74) is 0. The summed E-state index contributed by atoms with van der Waals surface area (Å²) in [5.74, 6) is 0.500. The molecule has 0 spiro atoms. The van der Waals surface area contributed by atoms with Crippen LogP contribution in [0.5, 0.6) is 0 Å². The van der Waals surface area contributed by atoms with E-state index in [-0.39, 0.29) is 30.1 Å². The Labute approximate surface area is 158 Å². The quantitative estimate of drug-likeness (QED) is 0.331. The van der Waals surface area contributed by atoms with Crippen molar-refractivity contribution < 1.29 is 19.1 Å². The molecule has 0 atom stereocenters. The second-order valence-electron chi connectivity index (χ2n) is 7.99. The van der Waals surface area contributed by atoms with Crippen molar-refractivity contribution in [2.45, 2.75) is 103 Å². The molecule has 26 heavy (non-hydrogen) atoms. The minimum atomic E-state index is -0.283. The summed E-state index contributed by atoms with van der Waals surface area (Å²) in [6.45, 7) is 4.04. The van der Waals surface area contributed by atoms with E-state index in [4.69, 9.17) is 9.47 Å². The van der Waals surface area contributed by atoms with E-state index < -0.39 is 0 Å². The van der Waals surface area contributed by atoms with E-state index in [0.717, 1.165) is 44.4 Å². The third-order valence-electron chi connectivity index (χ3n) is 5.89. The van der Waals surface area contributed by atoms with E-state index in [2.05, 4.69) is 6.92 Å². The predicted octanol–water partition coefficient (Wildman–Crippen LogP) is 5.35. The highest BCUT2D eigenvalue weighted by molar-refractivity contribution is 5.82. The minimum absolute atomic E-state index is 0.0195. The Morgan fingerprint density at radius 1 is 0.885 bits per heavy atom. The topological polar surface area (TPSA) is 52.6 Å². The van der Waals surface area contributed by atoms with E-state index in [1.807, 2.05) is 0 Å². The molecule has 0 amide bonds. The summed E-state index contributed by atoms with van der Waals surface area (Å²) in [4.78, 5) is 23.9. The zero-order chi connectivity index (χ0) is 18.8. The number of unbranched alkanes of at least 4 members (excludes halogenated alkanes) is 2. The molecule has 2 aliphatic carbocycles. The molecule has 0 aliphatic heterocycles. The summed E-state index contributed by atoms with van der Waals surface area (Å²) >= 11 is 0. The Morgan fingerprint density at radius 2 is 1.50 bits per heavy atom. The highest BCUT2D eigenvalue weighted by atomic mass is 16.5. The van der Waals surface area contributed by atoms with E-state index in [0.29, 0.717) is 0 Å². The number of carbonyl (C=O) groups excluding carboxylic acids is 2. The molecule has 148 valence electrons. The lowest BCUT2D eigenvalue weighted by Crippen LogP contribution is -2.32. The molecule has 2 fully saturated rings. The third-order valence-corrected chi connectivity index (χ3v) is 5.89. The van der Waals surface area contributed by atoms with E-state index >= 15 is 0 Å². The van der Waals surface area contributed by atoms with Gasteiger partial charge in [-0.25, -0.2) is 4.79 Å². The van der Waals surface area contributed by atoms with Gasteiger partial charge in [0.05, 0.1) is 5.92 Å². The number of hydrogen-bond donors (Lipinski definition) is 0. The number of esters is 2. The third kappa shape index (κ3) is 7.13. The molecule has 0 aromatic rings. The molecule has 0 radical (unpaired) electrons. The monoisotopic (exact) mass is 364 g/mol. The van der Waals surface area contributed by atoms with E-state index in [9.17, 15) is 9.59 Å². The van der Waals surface area contributed by atoms with Gasteiger partial charge >= 0.3 is 11.9 Å². The van der Waals surface area contributed by atoms with Gasteiger partial charge in [-0.05, 0) is 64.2 Å². The first-order valence-electron chi connectivity index (χ1n) is 10.7. The van der Waals surface area contributed by atoms with Crippen LogP contribution in [0.1, 0.15) is 90.9 Å². The summed E-state index contributed by atoms with van der Waals surface area (Å²) in [6.07, 6.45) is 16.0. The zero-order valence-electron chi connectivity index (χ0n) is 16.6. The van der Waals surface area contributed by atoms with Crippen molar-refractivity contribution >= 4 is 11.9 Å². The van der Waals surface area contributed by atoms with Gasteiger partial charge in [-0.1, -0.05) is 38.7 Å². The van der Waals surface area contributed by atoms with Gasteiger partial charge in [-0.3, -0.25) is 4.79 Å². The van der Waals surface area contributed by atoms with Crippen molar-refractivity contribution in [1.29, 1.82) is 0 Å². The predicted molar refractivity (Wildman–Crippen MR) is 103 cm³/mol. The molecule has 0 N–H and O–H groups in total. The first-order chi connectivity index (χ1) is 12.6. The van der Waals surface area contributed by atoms with Crippen LogP contribution in [-0.2, 0) is 19.1 Å². The van der Waals surface area contributed by atoms with Crippen LogP contribution in [-0.4, -0.2) is 24.1 Å². The highest BCUT2D eigenvalue weighted by Gasteiger charge is 2.31. The van der Waals surface area contributed by atoms with Gasteiger partial charge in [-0.2, -0.15) is 0 Å². The molecule has 2 aliphatic rings. The van der Waals surface area contributed by atoms with E-state index in [1.54, 1.807) is 13.0 Å². The zero-order valence-corrected chi connectivity index (χ0v) is 16.6. The largest absolute Gasteiger partial charge is 0.462 e. The summed E-state index contributed by atoms with van der Waals surface area (Å²) in [6, 6.07) is 0. The fourth-order valence-electron chi connectivity index (χ4n) is 4.24. The molecular formula is C22H36O4. The van der Waals surface area contributed by atoms with Crippen molar-refractivity contribution in [2.75, 3.05) is 0 Å². The molecule has 0 saturated heterocycles. The summed E-state index contributed by atoms with van der Waals surface area (Å²) in [5, 5.41) is 0. The second-order valence-corrected chi connectivity index (χ2v) is 7.99. The number of hydrogen-bond acceptors (Lipinski definition) is 4. The number of carbonyl (C=O) groups is 2. The Balaban J connectivity index is 1.63. The van der Waals surface area contributed by atoms with E-state index in [1.165, 1.54) is 44.6 Å². The molecule has 2 saturated carbocycles. The summed E-state index contributed by atoms with van der Waals surface area (Å²) in [7, 11) is 0. The Morgan fingerprint density at radius 3 is 2.12 bits per heavy atom. The van der Waals surface area contributed by atoms with Crippen molar-refractivity contribution in [1.82, 2.24) is 0 Å². The molecule has 0 aromatic heterocycles. The average molecular weight is 365 g/mol. The summed E-state index contributed by atoms with van der Waals surface area (Å²) < 4.78 is 11.2. The van der Waals surface area contributed by atoms with Crippen molar-refractivity contribution in [3.05, 3.63) is 12.2 Å². The lowest BCUT2D eigenvalue weighted by atomic mass is 9.83. The van der Waals surface area contributed by atoms with Crippen LogP contribution in [0.15, 0.2) is 12.2 Å². The maximum absolute atomic E-state index is 12.4. The maximum Gasteiger partial charge on any atom is 0.330 e. The Bertz CT molecular complexity index is 455. The van der Waals surface area contributed by atoms with Gasteiger partial charge in [0.2, 0.25) is 0 Å². The molecule has 4 nitrogen and oxygen atoms in total. The smallest absolute Gasteiger partial charge is 0.330 e. The first kappa shape index (κ1) is 21.0. The normalized spacial score (nSPS) is 29.5. The lowest BCUT2D eigenvalue weighted by Gasteiger charge is -2.31. The van der Waals surface area contributed by atoms with Crippen LogP contribution in [0.25, 0.3) is 0 Å². The minimum Gasteiger partial charge on any atom is -0.462 e. The molecule has 0 unspecified atom stereocenters. The van der Waals surface area contributed by atoms with Crippen LogP contribution >= 0.6 is 0 Å². The van der Waals surface area contributed by atoms with Gasteiger partial charge in [0, 0.05) is 6.08 Å². The molecular weight excluding hydrogens is 328 g/mol. The molecule has 0 bridgehead atoms. The van der Waals surface area contributed by atoms with Gasteiger partial charge in [0.25, 0.3) is 0 Å². The van der Waals surface area contributed by atoms with Gasteiger partial charge in [-0.15, -0.1) is 0 Å². The van der Waals surface area contributed by atoms with Gasteiger partial charge in [0.1, 0.15) is 12.2 Å². The van der Waals surface area contributed by atoms with Crippen LogP contribution in [0.3, 0.4) is 0 Å². The highest BCUT2D eigenvalue weighted by Crippen LogP contribution is 2.32. The fraction of sp³-hybridized carbons (Fsp3) is 0.818. The number of allylic oxidation sites excluding steroid dienone is 1. The van der Waals surface area contributed by atoms with Crippen molar-refractivity contribution in [3.63, 3.8) is 0 Å². The lowest BCUT2D eigenvalue weighted by molar-refractivity contribution is -0.158. The van der Waals surface area contributed by atoms with Crippen LogP contribution in [0.2, 0.25) is 0 Å². The fourth-order valence-corrected chi connectivity index (χ4v) is 4.24. The Kier molecular flexibility index (Phi) is 9.21. The number of ether oxygens (including phenoxy) is 2.